The van der Waals surface area contributed by atoms with Crippen molar-refractivity contribution in [2.75, 3.05) is 5.73 Å². The maximum absolute atomic E-state index is 12.7. The van der Waals surface area contributed by atoms with Crippen LogP contribution in [0.25, 0.3) is 22.2 Å². The molecule has 3 aromatic rings. The van der Waals surface area contributed by atoms with Gasteiger partial charge in [-0.25, -0.2) is 5.10 Å². The lowest BCUT2D eigenvalue weighted by atomic mass is 9.92. The van der Waals surface area contributed by atoms with Gasteiger partial charge in [0.1, 0.15) is 17.0 Å². The van der Waals surface area contributed by atoms with Crippen LogP contribution in [0.2, 0.25) is 0 Å². The van der Waals surface area contributed by atoms with Gasteiger partial charge in [0, 0.05) is 11.6 Å². The number of nitrogens with one attached hydrogen (secondary N) is 1. The molecule has 1 aromatic carbocycles. The van der Waals surface area contributed by atoms with Crippen LogP contribution in [0.15, 0.2) is 29.1 Å². The van der Waals surface area contributed by atoms with E-state index in [-0.39, 0.29) is 23.5 Å². The molecule has 2 heterocycles. The average Bonchev–Trinajstić information content (AvgIpc) is 3.19. The predicted molar refractivity (Wildman–Crippen MR) is 119 cm³/mol. The van der Waals surface area contributed by atoms with Crippen LogP contribution >= 0.6 is 0 Å². The maximum atomic E-state index is 12.7. The molecule has 3 aliphatic carbocycles. The molecule has 3 fully saturated rings. The first-order chi connectivity index (χ1) is 15.1. The number of hydrogen-bond donors (Lipinski definition) is 3. The third kappa shape index (κ3) is 3.29. The van der Waals surface area contributed by atoms with Crippen molar-refractivity contribution in [3.8, 4) is 17.0 Å². The number of nitrogens with zero attached hydrogens (tertiary/aromatic N) is 3. The second-order valence-corrected chi connectivity index (χ2v) is 9.51. The van der Waals surface area contributed by atoms with Crippen molar-refractivity contribution in [1.82, 2.24) is 20.0 Å². The van der Waals surface area contributed by atoms with Crippen molar-refractivity contribution in [2.45, 2.75) is 63.1 Å². The normalized spacial score (nSPS) is 29.8. The molecule has 3 saturated carbocycles. The van der Waals surface area contributed by atoms with Crippen LogP contribution in [-0.4, -0.2) is 32.1 Å². The zero-order valence-electron chi connectivity index (χ0n) is 17.5. The number of anilines is 1. The van der Waals surface area contributed by atoms with Gasteiger partial charge in [0.2, 0.25) is 0 Å². The van der Waals surface area contributed by atoms with E-state index in [9.17, 15) is 4.79 Å². The van der Waals surface area contributed by atoms with E-state index in [0.29, 0.717) is 22.7 Å². The van der Waals surface area contributed by atoms with Crippen molar-refractivity contribution in [2.24, 2.45) is 17.6 Å². The van der Waals surface area contributed by atoms with Gasteiger partial charge in [-0.15, -0.1) is 0 Å². The van der Waals surface area contributed by atoms with Gasteiger partial charge in [-0.3, -0.25) is 9.48 Å². The largest absolute Gasteiger partial charge is 0.490 e. The molecule has 0 spiro atoms. The number of ether oxygens (including phenoxy) is 1. The van der Waals surface area contributed by atoms with Crippen LogP contribution in [0.1, 0.15) is 51.0 Å². The first-order valence-electron chi connectivity index (χ1n) is 11.4. The van der Waals surface area contributed by atoms with E-state index >= 15 is 0 Å². The Hall–Kier alpha value is -2.87. The van der Waals surface area contributed by atoms with Gasteiger partial charge < -0.3 is 16.2 Å². The number of aromatic nitrogens is 4. The molecular formula is C23H28N6O2. The molecule has 2 unspecified atom stereocenters. The molecule has 0 saturated heterocycles. The molecule has 8 nitrogen and oxygen atoms in total. The van der Waals surface area contributed by atoms with Gasteiger partial charge in [-0.1, -0.05) is 0 Å². The Labute approximate surface area is 180 Å². The summed E-state index contributed by atoms with van der Waals surface area (Å²) in [6.45, 7) is 0. The number of nitrogens with two attached hydrogens (primary N) is 2. The smallest absolute Gasteiger partial charge is 0.290 e. The van der Waals surface area contributed by atoms with Crippen LogP contribution < -0.4 is 21.8 Å². The van der Waals surface area contributed by atoms with Gasteiger partial charge in [0.15, 0.2) is 5.82 Å². The molecule has 0 radical (unpaired) electrons. The summed E-state index contributed by atoms with van der Waals surface area (Å²) in [4.78, 5) is 12.7. The van der Waals surface area contributed by atoms with E-state index in [1.54, 1.807) is 0 Å². The van der Waals surface area contributed by atoms with Crippen LogP contribution in [0, 0.1) is 11.8 Å². The van der Waals surface area contributed by atoms with E-state index < -0.39 is 0 Å². The second-order valence-electron chi connectivity index (χ2n) is 9.51. The standard InChI is InChI=1S/C23H28N6O2/c24-15-3-5-16(6-4-15)29-21-19(22(25)26-27-23(21)30)20(28-29)12-1-7-17(8-2-12)31-18-10-13-9-14(13)11-18/h1-2,7-8,13-16,18H,3-6,9-11,24H2,(H2,25,26)(H,27,30)/t13?,14?,15-,16+,18?. The molecule has 162 valence electrons. The molecule has 8 heteroatoms. The van der Waals surface area contributed by atoms with Crippen molar-refractivity contribution < 1.29 is 4.74 Å². The molecule has 3 aliphatic rings. The average molecular weight is 421 g/mol. The molecule has 0 bridgehead atoms. The Morgan fingerprint density at radius 2 is 1.74 bits per heavy atom. The minimum atomic E-state index is -0.266. The van der Waals surface area contributed by atoms with Gasteiger partial charge in [0.05, 0.1) is 17.5 Å². The Morgan fingerprint density at radius 1 is 1.03 bits per heavy atom. The van der Waals surface area contributed by atoms with Crippen molar-refractivity contribution in [1.29, 1.82) is 0 Å². The molecular weight excluding hydrogens is 392 g/mol. The third-order valence-corrected chi connectivity index (χ3v) is 7.38. The topological polar surface area (TPSA) is 125 Å². The molecule has 0 aliphatic heterocycles. The monoisotopic (exact) mass is 420 g/mol. The van der Waals surface area contributed by atoms with E-state index in [4.69, 9.17) is 21.3 Å². The Morgan fingerprint density at radius 3 is 2.45 bits per heavy atom. The Balaban J connectivity index is 1.35. The Kier molecular flexibility index (Phi) is 4.31. The highest BCUT2D eigenvalue weighted by Crippen LogP contribution is 2.52. The molecule has 31 heavy (non-hydrogen) atoms. The molecule has 0 amide bonds. The predicted octanol–water partition coefficient (Wildman–Crippen LogP) is 2.99. The van der Waals surface area contributed by atoms with Crippen LogP contribution in [0.4, 0.5) is 5.82 Å². The van der Waals surface area contributed by atoms with Gasteiger partial charge >= 0.3 is 0 Å². The van der Waals surface area contributed by atoms with Crippen molar-refractivity contribution >= 4 is 16.7 Å². The van der Waals surface area contributed by atoms with E-state index in [1.807, 2.05) is 28.9 Å². The van der Waals surface area contributed by atoms with Crippen LogP contribution in [0.3, 0.4) is 0 Å². The zero-order chi connectivity index (χ0) is 21.1. The van der Waals surface area contributed by atoms with Crippen molar-refractivity contribution in [3.63, 3.8) is 0 Å². The fraction of sp³-hybridized carbons (Fsp3) is 0.522. The number of aromatic amines is 1. The molecule has 6 rings (SSSR count). The number of benzene rings is 1. The van der Waals surface area contributed by atoms with E-state index in [2.05, 4.69) is 10.2 Å². The lowest BCUT2D eigenvalue weighted by Gasteiger charge is -2.26. The molecule has 5 N–H and O–H groups in total. The minimum absolute atomic E-state index is 0.135. The van der Waals surface area contributed by atoms with Crippen molar-refractivity contribution in [3.05, 3.63) is 34.6 Å². The summed E-state index contributed by atoms with van der Waals surface area (Å²) in [5, 5.41) is 12.0. The maximum Gasteiger partial charge on any atom is 0.290 e. The lowest BCUT2D eigenvalue weighted by molar-refractivity contribution is 0.194. The summed E-state index contributed by atoms with van der Waals surface area (Å²) in [5.41, 5.74) is 14.1. The minimum Gasteiger partial charge on any atom is -0.490 e. The molecule has 2 aromatic heterocycles. The van der Waals surface area contributed by atoms with Crippen LogP contribution in [-0.2, 0) is 0 Å². The quantitative estimate of drug-likeness (QED) is 0.596. The van der Waals surface area contributed by atoms with E-state index in [0.717, 1.165) is 48.8 Å². The first kappa shape index (κ1) is 18.9. The lowest BCUT2D eigenvalue weighted by Crippen LogP contribution is -2.29. The summed E-state index contributed by atoms with van der Waals surface area (Å²) < 4.78 is 8.03. The highest BCUT2D eigenvalue weighted by molar-refractivity contribution is 5.99. The van der Waals surface area contributed by atoms with Crippen LogP contribution in [0.5, 0.6) is 5.75 Å². The summed E-state index contributed by atoms with van der Waals surface area (Å²) in [5.74, 6) is 2.95. The fourth-order valence-corrected chi connectivity index (χ4v) is 5.57. The number of rotatable bonds is 4. The number of nitrogen functional groups attached to an aromatic ring is 1. The van der Waals surface area contributed by atoms with Gasteiger partial charge in [-0.2, -0.15) is 10.2 Å². The Bertz CT molecular complexity index is 1170. The zero-order valence-corrected chi connectivity index (χ0v) is 17.5. The summed E-state index contributed by atoms with van der Waals surface area (Å²) >= 11 is 0. The fourth-order valence-electron chi connectivity index (χ4n) is 5.57. The summed E-state index contributed by atoms with van der Waals surface area (Å²) in [6.07, 6.45) is 7.73. The van der Waals surface area contributed by atoms with E-state index in [1.165, 1.54) is 19.3 Å². The van der Waals surface area contributed by atoms with Gasteiger partial charge in [0.25, 0.3) is 5.56 Å². The number of H-pyrrole nitrogens is 1. The summed E-state index contributed by atoms with van der Waals surface area (Å²) in [7, 11) is 0. The first-order valence-corrected chi connectivity index (χ1v) is 11.4. The summed E-state index contributed by atoms with van der Waals surface area (Å²) in [6, 6.07) is 8.32. The third-order valence-electron chi connectivity index (χ3n) is 7.38. The molecule has 2 atom stereocenters. The SMILES string of the molecule is Nc1n[nH]c(=O)c2c1c(-c1ccc(OC3CC4CC4C3)cc1)nn2[C@H]1CC[C@@H](N)CC1. The number of fused-ring (bicyclic) bond motifs is 2. The second kappa shape index (κ2) is 7.09. The highest BCUT2D eigenvalue weighted by atomic mass is 16.5. The van der Waals surface area contributed by atoms with Gasteiger partial charge in [-0.05, 0) is 81.0 Å². The highest BCUT2D eigenvalue weighted by Gasteiger charge is 2.46. The number of hydrogen-bond acceptors (Lipinski definition) is 6.